The van der Waals surface area contributed by atoms with E-state index in [9.17, 15) is 8.42 Å². The summed E-state index contributed by atoms with van der Waals surface area (Å²) in [6.07, 6.45) is 7.48. The summed E-state index contributed by atoms with van der Waals surface area (Å²) in [6.45, 7) is 11.1. The van der Waals surface area contributed by atoms with Gasteiger partial charge in [-0.3, -0.25) is 5.10 Å². The molecule has 3 N–H and O–H groups in total. The third-order valence-corrected chi connectivity index (χ3v) is 6.76. The van der Waals surface area contributed by atoms with Crippen LogP contribution in [0.25, 0.3) is 11.9 Å². The summed E-state index contributed by atoms with van der Waals surface area (Å²) >= 11 is 0. The molecule has 1 saturated carbocycles. The number of sulfone groups is 1. The van der Waals surface area contributed by atoms with Crippen molar-refractivity contribution in [2.24, 2.45) is 20.9 Å². The molecule has 0 unspecified atom stereocenters. The maximum absolute atomic E-state index is 15.2. The normalized spacial score (nSPS) is 14.4. The first-order valence-electron chi connectivity index (χ1n) is 12.4. The van der Waals surface area contributed by atoms with Gasteiger partial charge in [-0.15, -0.1) is 0 Å². The van der Waals surface area contributed by atoms with Crippen LogP contribution in [-0.2, 0) is 9.84 Å². The van der Waals surface area contributed by atoms with Crippen molar-refractivity contribution < 1.29 is 12.8 Å². The largest absolute Gasteiger partial charge is 0.352 e. The number of amidine groups is 1. The Hall–Kier alpha value is -4.23. The van der Waals surface area contributed by atoms with Crippen molar-refractivity contribution >= 4 is 57.8 Å². The van der Waals surface area contributed by atoms with E-state index in [1.54, 1.807) is 25.4 Å². The van der Waals surface area contributed by atoms with Crippen molar-refractivity contribution in [1.29, 1.82) is 0 Å². The molecule has 0 radical (unpaired) electrons. The number of hydrogen-bond acceptors (Lipinski definition) is 8. The molecule has 2 heterocycles. The minimum absolute atomic E-state index is 0.0654. The van der Waals surface area contributed by atoms with Gasteiger partial charge in [-0.2, -0.15) is 10.2 Å². The van der Waals surface area contributed by atoms with Gasteiger partial charge in [-0.1, -0.05) is 6.58 Å². The Bertz CT molecular complexity index is 1580. The average Bonchev–Trinajstić information content (AvgIpc) is 3.53. The predicted molar refractivity (Wildman–Crippen MR) is 160 cm³/mol. The van der Waals surface area contributed by atoms with Gasteiger partial charge in [0, 0.05) is 36.0 Å². The first kappa shape index (κ1) is 30.3. The number of aromatic amines is 1. The van der Waals surface area contributed by atoms with E-state index in [4.69, 9.17) is 0 Å². The zero-order valence-corrected chi connectivity index (χ0v) is 24.0. The smallest absolute Gasteiger partial charge is 0.176 e. The molecule has 40 heavy (non-hydrogen) atoms. The van der Waals surface area contributed by atoms with Crippen LogP contribution in [0.5, 0.6) is 0 Å². The number of rotatable bonds is 9. The van der Waals surface area contributed by atoms with Crippen molar-refractivity contribution in [1.82, 2.24) is 25.3 Å². The fourth-order valence-corrected chi connectivity index (χ4v) is 4.41. The lowest BCUT2D eigenvalue weighted by molar-refractivity contribution is 0.596. The summed E-state index contributed by atoms with van der Waals surface area (Å²) in [6, 6.07) is 5.49. The average molecular weight is 568 g/mol. The van der Waals surface area contributed by atoms with E-state index in [1.807, 2.05) is 21.0 Å². The van der Waals surface area contributed by atoms with Gasteiger partial charge >= 0.3 is 0 Å². The van der Waals surface area contributed by atoms with E-state index in [1.165, 1.54) is 23.0 Å². The molecule has 212 valence electrons. The second kappa shape index (κ2) is 13.2. The van der Waals surface area contributed by atoms with Gasteiger partial charge in [0.2, 0.25) is 0 Å². The van der Waals surface area contributed by atoms with Crippen LogP contribution in [0.3, 0.4) is 0 Å². The van der Waals surface area contributed by atoms with E-state index < -0.39 is 15.7 Å². The lowest BCUT2D eigenvalue weighted by Gasteiger charge is -2.18. The number of aliphatic imine (C=N–C) groups is 3. The molecule has 0 saturated heterocycles. The summed E-state index contributed by atoms with van der Waals surface area (Å²) in [5, 5.41) is 17.3. The second-order valence-electron chi connectivity index (χ2n) is 9.00. The van der Waals surface area contributed by atoms with Gasteiger partial charge in [-0.05, 0) is 71.6 Å². The second-order valence-corrected chi connectivity index (χ2v) is 11.0. The molecule has 0 aliphatic heterocycles. The van der Waals surface area contributed by atoms with Crippen LogP contribution in [0, 0.1) is 18.7 Å². The van der Waals surface area contributed by atoms with Gasteiger partial charge in [-0.25, -0.2) is 32.5 Å². The van der Waals surface area contributed by atoms with Gasteiger partial charge in [0.15, 0.2) is 27.3 Å². The van der Waals surface area contributed by atoms with Gasteiger partial charge in [0.1, 0.15) is 5.82 Å². The number of hydrogen-bond donors (Lipinski definition) is 3. The molecule has 3 aromatic rings. The minimum Gasteiger partial charge on any atom is -0.352 e. The molecule has 0 amide bonds. The molecule has 11 nitrogen and oxygen atoms in total. The molecule has 1 aromatic carbocycles. The maximum atomic E-state index is 15.2. The summed E-state index contributed by atoms with van der Waals surface area (Å²) in [5.74, 6) is 0.540. The van der Waals surface area contributed by atoms with Crippen molar-refractivity contribution in [2.45, 2.75) is 31.6 Å². The predicted octanol–water partition coefficient (Wildman–Crippen LogP) is 4.78. The number of halogens is 1. The number of H-pyrrole nitrogens is 1. The Labute approximate surface area is 233 Å². The fraction of sp³-hybridized carbons (Fsp3) is 0.296. The van der Waals surface area contributed by atoms with Crippen LogP contribution in [0.15, 0.2) is 62.5 Å². The Kier molecular flexibility index (Phi) is 10.0. The van der Waals surface area contributed by atoms with E-state index in [-0.39, 0.29) is 16.5 Å². The van der Waals surface area contributed by atoms with Crippen LogP contribution in [-0.4, -0.2) is 67.5 Å². The third-order valence-electron chi connectivity index (χ3n) is 5.65. The molecule has 0 atom stereocenters. The van der Waals surface area contributed by atoms with E-state index >= 15 is 4.39 Å². The summed E-state index contributed by atoms with van der Waals surface area (Å²) in [4.78, 5) is 13.1. The van der Waals surface area contributed by atoms with E-state index in [2.05, 4.69) is 54.2 Å². The molecule has 4 rings (SSSR count). The number of nitrogens with one attached hydrogen (secondary N) is 3. The van der Waals surface area contributed by atoms with Gasteiger partial charge < -0.3 is 10.6 Å². The summed E-state index contributed by atoms with van der Waals surface area (Å²) in [7, 11) is 0.168. The Balaban J connectivity index is 0.00000141. The number of aromatic nitrogens is 4. The number of aryl methyl sites for hydroxylation is 1. The Morgan fingerprint density at radius 3 is 2.48 bits per heavy atom. The van der Waals surface area contributed by atoms with Gasteiger partial charge in [0.05, 0.1) is 28.0 Å². The topological polar surface area (TPSA) is 142 Å². The lowest BCUT2D eigenvalue weighted by Crippen LogP contribution is -2.12. The maximum Gasteiger partial charge on any atom is 0.176 e. The van der Waals surface area contributed by atoms with E-state index in [0.717, 1.165) is 30.9 Å². The van der Waals surface area contributed by atoms with Crippen LogP contribution in [0.2, 0.25) is 0 Å². The quantitative estimate of drug-likeness (QED) is 0.251. The monoisotopic (exact) mass is 567 g/mol. The molecule has 1 fully saturated rings. The number of nitrogens with zero attached hydrogens (tertiary/aromatic N) is 6. The molecule has 2 aromatic heterocycles. The first-order chi connectivity index (χ1) is 19.1. The van der Waals surface area contributed by atoms with Crippen LogP contribution >= 0.6 is 0 Å². The van der Waals surface area contributed by atoms with E-state index in [0.29, 0.717) is 34.3 Å². The first-order valence-corrected chi connectivity index (χ1v) is 14.3. The third kappa shape index (κ3) is 7.24. The van der Waals surface area contributed by atoms with Crippen molar-refractivity contribution in [3.63, 3.8) is 0 Å². The SMILES string of the molecule is C=Cn1ncc(/C(Nc2ccc(S(C)(=O)=O)cc2F)=C(/C(N=C)=Nc2cc(C)[nH]n2)C2CC2)c1/N=C\C.CNC. The minimum atomic E-state index is -3.58. The Morgan fingerprint density at radius 1 is 1.27 bits per heavy atom. The highest BCUT2D eigenvalue weighted by Crippen LogP contribution is 2.43. The fourth-order valence-electron chi connectivity index (χ4n) is 3.78. The van der Waals surface area contributed by atoms with Crippen LogP contribution in [0.4, 0.5) is 21.7 Å². The summed E-state index contributed by atoms with van der Waals surface area (Å²) in [5.41, 5.74) is 2.62. The Morgan fingerprint density at radius 2 is 1.98 bits per heavy atom. The molecule has 0 spiro atoms. The number of benzene rings is 1. The van der Waals surface area contributed by atoms with Crippen molar-refractivity contribution in [3.8, 4) is 0 Å². The number of anilines is 1. The molecule has 1 aliphatic rings. The zero-order chi connectivity index (χ0) is 29.4. The van der Waals surface area contributed by atoms with Crippen molar-refractivity contribution in [3.05, 3.63) is 59.7 Å². The zero-order valence-electron chi connectivity index (χ0n) is 23.2. The molecular formula is C27H34FN9O2S. The van der Waals surface area contributed by atoms with Crippen LogP contribution < -0.4 is 10.6 Å². The highest BCUT2D eigenvalue weighted by molar-refractivity contribution is 7.90. The highest BCUT2D eigenvalue weighted by Gasteiger charge is 2.34. The standard InChI is InChI=1S/C25H27FN8O2S.C2H7N/c1-6-28-25-18(14-29-34(25)7-2)23(30-20-11-10-17(13-19(20)26)37(5,35)36)22(16-8-9-16)24(27-4)31-21-12-15(3)32-33-21;1-3-2/h6-7,10-14,16,30H,2,4,8-9H2,1,3,5H3,(H,32,33);3H,1-2H3/b23-22-,28-6-,31-24?;. The highest BCUT2D eigenvalue weighted by atomic mass is 32.2. The lowest BCUT2D eigenvalue weighted by atomic mass is 10.0. The molecular weight excluding hydrogens is 533 g/mol. The van der Waals surface area contributed by atoms with Crippen molar-refractivity contribution in [2.75, 3.05) is 25.7 Å². The molecule has 13 heteroatoms. The molecule has 1 aliphatic carbocycles. The van der Waals surface area contributed by atoms with Gasteiger partial charge in [0.25, 0.3) is 0 Å². The summed E-state index contributed by atoms with van der Waals surface area (Å²) < 4.78 is 40.5. The molecule has 0 bridgehead atoms. The van der Waals surface area contributed by atoms with Crippen LogP contribution in [0.1, 0.15) is 31.0 Å².